The molecule has 0 fully saturated rings. The van der Waals surface area contributed by atoms with Crippen LogP contribution < -0.4 is 14.5 Å². The number of hydrazone groups is 1. The maximum Gasteiger partial charge on any atom is 0.264 e. The first-order valence-electron chi connectivity index (χ1n) is 11.7. The number of hydrogen-bond acceptors (Lipinski definition) is 5. The number of halogens is 1. The third-order valence-corrected chi connectivity index (χ3v) is 7.91. The van der Waals surface area contributed by atoms with Gasteiger partial charge in [-0.3, -0.25) is 9.10 Å². The Bertz CT molecular complexity index is 1580. The lowest BCUT2D eigenvalue weighted by Crippen LogP contribution is -2.39. The van der Waals surface area contributed by atoms with Gasteiger partial charge in [0.2, 0.25) is 0 Å². The fraction of sp³-hybridized carbons (Fsp3) is 0.143. The second-order valence-electron chi connectivity index (χ2n) is 8.43. The van der Waals surface area contributed by atoms with Crippen LogP contribution in [0, 0.1) is 13.8 Å². The SMILES string of the molecule is COc1ccccc1N(CC(=O)N/N=C/c1cc(C)n(-c2cccc(Cl)c2)c1C)S(=O)(=O)c1ccccc1. The highest BCUT2D eigenvalue weighted by Crippen LogP contribution is 2.32. The summed E-state index contributed by atoms with van der Waals surface area (Å²) in [6, 6.07) is 24.0. The van der Waals surface area contributed by atoms with Crippen molar-refractivity contribution < 1.29 is 17.9 Å². The Morgan fingerprint density at radius 2 is 1.74 bits per heavy atom. The number of sulfonamides is 1. The van der Waals surface area contributed by atoms with Gasteiger partial charge in [0, 0.05) is 27.7 Å². The number of para-hydroxylation sites is 2. The van der Waals surface area contributed by atoms with Gasteiger partial charge in [0.15, 0.2) is 0 Å². The molecule has 0 atom stereocenters. The van der Waals surface area contributed by atoms with Gasteiger partial charge in [0.05, 0.1) is 23.9 Å². The first-order valence-corrected chi connectivity index (χ1v) is 13.5. The number of amides is 1. The minimum atomic E-state index is -4.08. The number of ether oxygens (including phenoxy) is 1. The van der Waals surface area contributed by atoms with E-state index in [0.717, 1.165) is 26.9 Å². The van der Waals surface area contributed by atoms with Crippen LogP contribution in [0.2, 0.25) is 5.02 Å². The van der Waals surface area contributed by atoms with Crippen LogP contribution in [0.1, 0.15) is 17.0 Å². The van der Waals surface area contributed by atoms with E-state index in [9.17, 15) is 13.2 Å². The summed E-state index contributed by atoms with van der Waals surface area (Å²) in [5.74, 6) is -0.299. The van der Waals surface area contributed by atoms with Gasteiger partial charge < -0.3 is 9.30 Å². The van der Waals surface area contributed by atoms with Gasteiger partial charge in [-0.25, -0.2) is 13.8 Å². The number of methoxy groups -OCH3 is 1. The summed E-state index contributed by atoms with van der Waals surface area (Å²) in [7, 11) is -2.63. The normalized spacial score (nSPS) is 11.5. The molecule has 38 heavy (non-hydrogen) atoms. The van der Waals surface area contributed by atoms with Gasteiger partial charge in [-0.2, -0.15) is 5.10 Å². The maximum absolute atomic E-state index is 13.5. The molecule has 8 nitrogen and oxygen atoms in total. The molecule has 1 aromatic heterocycles. The first-order chi connectivity index (χ1) is 18.2. The van der Waals surface area contributed by atoms with E-state index in [1.54, 1.807) is 42.5 Å². The highest BCUT2D eigenvalue weighted by Gasteiger charge is 2.29. The van der Waals surface area contributed by atoms with Gasteiger partial charge in [-0.05, 0) is 62.4 Å². The Morgan fingerprint density at radius 3 is 2.45 bits per heavy atom. The minimum Gasteiger partial charge on any atom is -0.495 e. The summed E-state index contributed by atoms with van der Waals surface area (Å²) in [6.45, 7) is 3.40. The molecule has 0 radical (unpaired) electrons. The molecular weight excluding hydrogens is 524 g/mol. The molecule has 1 heterocycles. The fourth-order valence-electron chi connectivity index (χ4n) is 4.13. The van der Waals surface area contributed by atoms with Crippen molar-refractivity contribution in [3.8, 4) is 11.4 Å². The average Bonchev–Trinajstić information content (AvgIpc) is 3.20. The van der Waals surface area contributed by atoms with E-state index in [1.807, 2.05) is 48.7 Å². The van der Waals surface area contributed by atoms with Crippen molar-refractivity contribution in [2.75, 3.05) is 18.0 Å². The molecule has 4 rings (SSSR count). The molecule has 0 aliphatic carbocycles. The van der Waals surface area contributed by atoms with Crippen molar-refractivity contribution in [2.45, 2.75) is 18.7 Å². The van der Waals surface area contributed by atoms with E-state index < -0.39 is 22.5 Å². The van der Waals surface area contributed by atoms with Crippen molar-refractivity contribution >= 4 is 39.4 Å². The van der Waals surface area contributed by atoms with Crippen LogP contribution in [0.3, 0.4) is 0 Å². The average molecular weight is 551 g/mol. The fourth-order valence-corrected chi connectivity index (χ4v) is 5.76. The van der Waals surface area contributed by atoms with Crippen LogP contribution in [0.5, 0.6) is 5.75 Å². The summed E-state index contributed by atoms with van der Waals surface area (Å²) in [4.78, 5) is 13.0. The Morgan fingerprint density at radius 1 is 1.03 bits per heavy atom. The molecule has 10 heteroatoms. The zero-order chi connectivity index (χ0) is 27.3. The molecule has 0 bridgehead atoms. The van der Waals surface area contributed by atoms with E-state index in [1.165, 1.54) is 25.5 Å². The van der Waals surface area contributed by atoms with Crippen LogP contribution in [-0.2, 0) is 14.8 Å². The van der Waals surface area contributed by atoms with Crippen molar-refractivity contribution in [1.29, 1.82) is 0 Å². The third-order valence-electron chi connectivity index (χ3n) is 5.90. The van der Waals surface area contributed by atoms with Crippen molar-refractivity contribution in [2.24, 2.45) is 5.10 Å². The monoisotopic (exact) mass is 550 g/mol. The number of carbonyl (C=O) groups is 1. The third kappa shape index (κ3) is 5.74. The van der Waals surface area contributed by atoms with Crippen molar-refractivity contribution in [3.05, 3.63) is 107 Å². The molecule has 1 amide bonds. The molecule has 0 saturated carbocycles. The topological polar surface area (TPSA) is 93.0 Å². The highest BCUT2D eigenvalue weighted by molar-refractivity contribution is 7.92. The number of benzene rings is 3. The predicted octanol–water partition coefficient (Wildman–Crippen LogP) is 5.10. The van der Waals surface area contributed by atoms with Crippen molar-refractivity contribution in [1.82, 2.24) is 9.99 Å². The molecule has 1 N–H and O–H groups in total. The van der Waals surface area contributed by atoms with Gasteiger partial charge in [-0.15, -0.1) is 0 Å². The Hall–Kier alpha value is -4.08. The number of nitrogens with one attached hydrogen (secondary N) is 1. The Labute approximate surface area is 227 Å². The first kappa shape index (κ1) is 27.0. The maximum atomic E-state index is 13.5. The van der Waals surface area contributed by atoms with Gasteiger partial charge in [0.1, 0.15) is 12.3 Å². The Kier molecular flexibility index (Phi) is 8.19. The quantitative estimate of drug-likeness (QED) is 0.232. The molecule has 0 unspecified atom stereocenters. The van der Waals surface area contributed by atoms with Crippen LogP contribution >= 0.6 is 11.6 Å². The molecular formula is C28H27ClN4O4S. The largest absolute Gasteiger partial charge is 0.495 e. The summed E-state index contributed by atoms with van der Waals surface area (Å²) in [5.41, 5.74) is 6.27. The zero-order valence-electron chi connectivity index (χ0n) is 21.1. The molecule has 0 saturated heterocycles. The summed E-state index contributed by atoms with van der Waals surface area (Å²) in [6.07, 6.45) is 1.53. The van der Waals surface area contributed by atoms with Gasteiger partial charge >= 0.3 is 0 Å². The second-order valence-corrected chi connectivity index (χ2v) is 10.7. The van der Waals surface area contributed by atoms with Gasteiger partial charge in [-0.1, -0.05) is 48.0 Å². The van der Waals surface area contributed by atoms with E-state index in [4.69, 9.17) is 16.3 Å². The lowest BCUT2D eigenvalue weighted by Gasteiger charge is -2.25. The van der Waals surface area contributed by atoms with Gasteiger partial charge in [0.25, 0.3) is 15.9 Å². The lowest BCUT2D eigenvalue weighted by atomic mass is 10.2. The molecule has 4 aromatic rings. The summed E-state index contributed by atoms with van der Waals surface area (Å²) >= 11 is 6.16. The zero-order valence-corrected chi connectivity index (χ0v) is 22.7. The number of carbonyl (C=O) groups excluding carboxylic acids is 1. The predicted molar refractivity (Wildman–Crippen MR) is 150 cm³/mol. The number of nitrogens with zero attached hydrogens (tertiary/aromatic N) is 3. The smallest absolute Gasteiger partial charge is 0.264 e. The summed E-state index contributed by atoms with van der Waals surface area (Å²) in [5, 5.41) is 4.72. The van der Waals surface area contributed by atoms with E-state index >= 15 is 0 Å². The number of anilines is 1. The van der Waals surface area contributed by atoms with Crippen LogP contribution in [0.25, 0.3) is 5.69 Å². The number of rotatable bonds is 9. The molecule has 0 aliphatic heterocycles. The summed E-state index contributed by atoms with van der Waals surface area (Å²) < 4.78 is 35.4. The molecule has 196 valence electrons. The van der Waals surface area contributed by atoms with Crippen LogP contribution in [0.4, 0.5) is 5.69 Å². The van der Waals surface area contributed by atoms with E-state index in [-0.39, 0.29) is 10.6 Å². The van der Waals surface area contributed by atoms with Crippen LogP contribution in [0.15, 0.2) is 94.9 Å². The second kappa shape index (κ2) is 11.5. The van der Waals surface area contributed by atoms with Crippen molar-refractivity contribution in [3.63, 3.8) is 0 Å². The van der Waals surface area contributed by atoms with E-state index in [2.05, 4.69) is 10.5 Å². The van der Waals surface area contributed by atoms with E-state index in [0.29, 0.717) is 10.8 Å². The number of aromatic nitrogens is 1. The number of hydrogen-bond donors (Lipinski definition) is 1. The molecule has 0 spiro atoms. The molecule has 0 aliphatic rings. The lowest BCUT2D eigenvalue weighted by molar-refractivity contribution is -0.119. The Balaban J connectivity index is 1.57. The molecule has 3 aromatic carbocycles. The van der Waals surface area contributed by atoms with Crippen LogP contribution in [-0.4, -0.2) is 38.8 Å². The number of aryl methyl sites for hydroxylation is 1. The minimum absolute atomic E-state index is 0.0515. The highest BCUT2D eigenvalue weighted by atomic mass is 35.5. The standard InChI is InChI=1S/C28H27ClN4O4S/c1-20-16-22(21(2)33(20)24-11-9-10-23(29)17-24)18-30-31-28(34)19-32(26-14-7-8-15-27(26)37-3)38(35,36)25-12-5-4-6-13-25/h4-18H,19H2,1-3H3,(H,31,34)/b30-18+.